The first-order valence-corrected chi connectivity index (χ1v) is 7.24. The van der Waals surface area contributed by atoms with Crippen LogP contribution in [0.5, 0.6) is 5.75 Å². The molecule has 21 heavy (non-hydrogen) atoms. The molecule has 5 nitrogen and oxygen atoms in total. The van der Waals surface area contributed by atoms with Crippen LogP contribution in [0.3, 0.4) is 0 Å². The highest BCUT2D eigenvalue weighted by molar-refractivity contribution is 5.91. The van der Waals surface area contributed by atoms with E-state index in [0.717, 1.165) is 12.0 Å². The van der Waals surface area contributed by atoms with Gasteiger partial charge in [0.15, 0.2) is 0 Å². The maximum Gasteiger partial charge on any atom is 0.243 e. The van der Waals surface area contributed by atoms with Gasteiger partial charge in [-0.25, -0.2) is 0 Å². The number of benzene rings is 1. The fourth-order valence-corrected chi connectivity index (χ4v) is 2.91. The van der Waals surface area contributed by atoms with Gasteiger partial charge >= 0.3 is 0 Å². The summed E-state index contributed by atoms with van der Waals surface area (Å²) in [5.41, 5.74) is 5.59. The molecule has 0 saturated carbocycles. The molecule has 2 rings (SSSR count). The lowest BCUT2D eigenvalue weighted by molar-refractivity contribution is -0.145. The monoisotopic (exact) mass is 290 g/mol. The smallest absolute Gasteiger partial charge is 0.243 e. The van der Waals surface area contributed by atoms with Crippen LogP contribution >= 0.6 is 0 Å². The number of carbonyl (C=O) groups is 2. The van der Waals surface area contributed by atoms with Crippen molar-refractivity contribution in [3.8, 4) is 5.75 Å². The second-order valence-corrected chi connectivity index (χ2v) is 6.00. The Morgan fingerprint density at radius 2 is 2.00 bits per heavy atom. The summed E-state index contributed by atoms with van der Waals surface area (Å²) in [7, 11) is 0. The highest BCUT2D eigenvalue weighted by atomic mass is 16.3. The standard InChI is InChI=1S/C16H22N2O3/c1-11(10-12-4-6-13(19)7-5-12)14(20)18-9-3-8-16(18,2)15(17)21/h4-7,11,19H,3,8-10H2,1-2H3,(H2,17,21)/t11-,16-/m0/s1. The molecular weight excluding hydrogens is 268 g/mol. The van der Waals surface area contributed by atoms with E-state index in [2.05, 4.69) is 0 Å². The number of amides is 2. The molecular formula is C16H22N2O3. The average molecular weight is 290 g/mol. The molecule has 114 valence electrons. The van der Waals surface area contributed by atoms with Crippen LogP contribution in [0.25, 0.3) is 0 Å². The first kappa shape index (κ1) is 15.4. The summed E-state index contributed by atoms with van der Waals surface area (Å²) < 4.78 is 0. The Balaban J connectivity index is 2.08. The van der Waals surface area contributed by atoms with Crippen molar-refractivity contribution >= 4 is 11.8 Å². The number of hydrogen-bond acceptors (Lipinski definition) is 3. The van der Waals surface area contributed by atoms with Gasteiger partial charge in [0.05, 0.1) is 0 Å². The largest absolute Gasteiger partial charge is 0.508 e. The van der Waals surface area contributed by atoms with Gasteiger partial charge in [-0.05, 0) is 43.9 Å². The zero-order valence-corrected chi connectivity index (χ0v) is 12.5. The highest BCUT2D eigenvalue weighted by Crippen LogP contribution is 2.30. The van der Waals surface area contributed by atoms with Crippen molar-refractivity contribution in [3.05, 3.63) is 29.8 Å². The summed E-state index contributed by atoms with van der Waals surface area (Å²) in [5.74, 6) is -0.503. The zero-order valence-electron chi connectivity index (χ0n) is 12.5. The molecule has 0 radical (unpaired) electrons. The van der Waals surface area contributed by atoms with E-state index < -0.39 is 11.4 Å². The van der Waals surface area contributed by atoms with Gasteiger partial charge in [0.1, 0.15) is 11.3 Å². The minimum absolute atomic E-state index is 0.0399. The van der Waals surface area contributed by atoms with Gasteiger partial charge in [-0.2, -0.15) is 0 Å². The maximum absolute atomic E-state index is 12.6. The Morgan fingerprint density at radius 3 is 2.57 bits per heavy atom. The summed E-state index contributed by atoms with van der Waals surface area (Å²) in [6.07, 6.45) is 2.00. The van der Waals surface area contributed by atoms with Crippen LogP contribution in [0.15, 0.2) is 24.3 Å². The minimum atomic E-state index is -0.861. The van der Waals surface area contributed by atoms with E-state index in [9.17, 15) is 14.7 Å². The molecule has 0 unspecified atom stereocenters. The fraction of sp³-hybridized carbons (Fsp3) is 0.500. The van der Waals surface area contributed by atoms with E-state index in [4.69, 9.17) is 5.73 Å². The molecule has 1 saturated heterocycles. The van der Waals surface area contributed by atoms with E-state index in [-0.39, 0.29) is 17.6 Å². The normalized spacial score (nSPS) is 23.0. The van der Waals surface area contributed by atoms with Crippen molar-refractivity contribution < 1.29 is 14.7 Å². The van der Waals surface area contributed by atoms with Crippen LogP contribution < -0.4 is 5.73 Å². The van der Waals surface area contributed by atoms with Crippen LogP contribution in [0.1, 0.15) is 32.3 Å². The van der Waals surface area contributed by atoms with E-state index in [1.165, 1.54) is 0 Å². The lowest BCUT2D eigenvalue weighted by Crippen LogP contribution is -2.55. The van der Waals surface area contributed by atoms with Crippen molar-refractivity contribution in [1.29, 1.82) is 0 Å². The lowest BCUT2D eigenvalue weighted by atomic mass is 9.94. The van der Waals surface area contributed by atoms with Crippen molar-refractivity contribution in [3.63, 3.8) is 0 Å². The number of primary amides is 1. The number of rotatable bonds is 4. The van der Waals surface area contributed by atoms with Crippen molar-refractivity contribution in [2.75, 3.05) is 6.54 Å². The Labute approximate surface area is 124 Å². The second kappa shape index (κ2) is 5.76. The van der Waals surface area contributed by atoms with E-state index in [0.29, 0.717) is 19.4 Å². The number of nitrogens with two attached hydrogens (primary N) is 1. The molecule has 1 aromatic carbocycles. The molecule has 0 bridgehead atoms. The average Bonchev–Trinajstić information content (AvgIpc) is 2.84. The second-order valence-electron chi connectivity index (χ2n) is 6.00. The first-order valence-electron chi connectivity index (χ1n) is 7.24. The predicted molar refractivity (Wildman–Crippen MR) is 79.5 cm³/mol. The van der Waals surface area contributed by atoms with Crippen LogP contribution in [-0.2, 0) is 16.0 Å². The molecule has 0 aliphatic carbocycles. The predicted octanol–water partition coefficient (Wildman–Crippen LogP) is 1.44. The molecule has 1 aromatic rings. The third kappa shape index (κ3) is 3.01. The highest BCUT2D eigenvalue weighted by Gasteiger charge is 2.45. The van der Waals surface area contributed by atoms with Gasteiger partial charge in [0, 0.05) is 12.5 Å². The molecule has 5 heteroatoms. The number of likely N-dealkylation sites (tertiary alicyclic amines) is 1. The molecule has 3 N–H and O–H groups in total. The Hall–Kier alpha value is -2.04. The third-order valence-corrected chi connectivity index (χ3v) is 4.34. The van der Waals surface area contributed by atoms with Gasteiger partial charge in [-0.15, -0.1) is 0 Å². The summed E-state index contributed by atoms with van der Waals surface area (Å²) in [4.78, 5) is 25.9. The number of aromatic hydroxyl groups is 1. The molecule has 1 fully saturated rings. The summed E-state index contributed by atoms with van der Waals surface area (Å²) in [6.45, 7) is 4.18. The van der Waals surface area contributed by atoms with E-state index >= 15 is 0 Å². The SMILES string of the molecule is C[C@@H](Cc1ccc(O)cc1)C(=O)N1CCC[C@@]1(C)C(N)=O. The summed E-state index contributed by atoms with van der Waals surface area (Å²) in [6, 6.07) is 6.82. The summed E-state index contributed by atoms with van der Waals surface area (Å²) in [5, 5.41) is 9.28. The summed E-state index contributed by atoms with van der Waals surface area (Å²) >= 11 is 0. The molecule has 1 aliphatic rings. The number of hydrogen-bond donors (Lipinski definition) is 2. The zero-order chi connectivity index (χ0) is 15.6. The Bertz CT molecular complexity index is 541. The Kier molecular flexibility index (Phi) is 4.21. The van der Waals surface area contributed by atoms with Gasteiger partial charge in [-0.3, -0.25) is 9.59 Å². The van der Waals surface area contributed by atoms with Gasteiger partial charge in [0.25, 0.3) is 0 Å². The van der Waals surface area contributed by atoms with Crippen molar-refractivity contribution in [2.24, 2.45) is 11.7 Å². The Morgan fingerprint density at radius 1 is 1.38 bits per heavy atom. The van der Waals surface area contributed by atoms with Crippen molar-refractivity contribution in [2.45, 2.75) is 38.6 Å². The number of nitrogens with zero attached hydrogens (tertiary/aromatic N) is 1. The molecule has 0 aromatic heterocycles. The molecule has 0 spiro atoms. The van der Waals surface area contributed by atoms with Crippen LogP contribution in [0.4, 0.5) is 0 Å². The van der Waals surface area contributed by atoms with Crippen LogP contribution in [-0.4, -0.2) is 33.9 Å². The fourth-order valence-electron chi connectivity index (χ4n) is 2.91. The molecule has 1 aliphatic heterocycles. The molecule has 2 amide bonds. The van der Waals surface area contributed by atoms with Gasteiger partial charge in [-0.1, -0.05) is 19.1 Å². The maximum atomic E-state index is 12.6. The quantitative estimate of drug-likeness (QED) is 0.880. The molecule has 2 atom stereocenters. The number of phenols is 1. The van der Waals surface area contributed by atoms with Crippen LogP contribution in [0.2, 0.25) is 0 Å². The van der Waals surface area contributed by atoms with Gasteiger partial charge in [0.2, 0.25) is 11.8 Å². The minimum Gasteiger partial charge on any atom is -0.508 e. The van der Waals surface area contributed by atoms with E-state index in [1.807, 2.05) is 6.92 Å². The third-order valence-electron chi connectivity index (χ3n) is 4.34. The van der Waals surface area contributed by atoms with Gasteiger partial charge < -0.3 is 15.7 Å². The number of carbonyl (C=O) groups excluding carboxylic acids is 2. The van der Waals surface area contributed by atoms with Crippen molar-refractivity contribution in [1.82, 2.24) is 4.90 Å². The van der Waals surface area contributed by atoms with E-state index in [1.54, 1.807) is 36.1 Å². The topological polar surface area (TPSA) is 83.6 Å². The van der Waals surface area contributed by atoms with Crippen LogP contribution in [0, 0.1) is 5.92 Å². The first-order chi connectivity index (χ1) is 9.84. The lowest BCUT2D eigenvalue weighted by Gasteiger charge is -2.34. The number of phenolic OH excluding ortho intramolecular Hbond substituents is 1. The molecule has 1 heterocycles.